The van der Waals surface area contributed by atoms with E-state index >= 15 is 0 Å². The lowest BCUT2D eigenvalue weighted by molar-refractivity contribution is -0.136. The number of carbonyl (C=O) groups is 2. The predicted octanol–water partition coefficient (Wildman–Crippen LogP) is 3.65. The summed E-state index contributed by atoms with van der Waals surface area (Å²) in [7, 11) is 2.02. The molecule has 0 saturated carbocycles. The summed E-state index contributed by atoms with van der Waals surface area (Å²) in [6.45, 7) is 2.43. The second-order valence-corrected chi connectivity index (χ2v) is 7.63. The Labute approximate surface area is 198 Å². The second-order valence-electron chi connectivity index (χ2n) is 7.63. The molecule has 3 N–H and O–H groups in total. The van der Waals surface area contributed by atoms with E-state index in [1.165, 1.54) is 25.7 Å². The first-order valence-corrected chi connectivity index (χ1v) is 10.2. The summed E-state index contributed by atoms with van der Waals surface area (Å²) >= 11 is 0. The van der Waals surface area contributed by atoms with E-state index in [0.29, 0.717) is 5.56 Å². The molecule has 168 valence electrons. The number of rotatable bonds is 9. The monoisotopic (exact) mass is 546 g/mol. The molecule has 0 spiro atoms. The SMILES string of the molecule is Br.Br.Cn1c(CCCCC2CCNCC2)nc2cc(C(=O)NCCC(=O)O)ccc21. The number of aryl methyl sites for hydroxylation is 2. The molecule has 1 saturated heterocycles. The number of carboxylic acids is 1. The molecule has 1 aromatic carbocycles. The first-order valence-electron chi connectivity index (χ1n) is 10.2. The third-order valence-corrected chi connectivity index (χ3v) is 5.58. The van der Waals surface area contributed by atoms with Gasteiger partial charge in [0.1, 0.15) is 5.82 Å². The molecular weight excluding hydrogens is 516 g/mol. The van der Waals surface area contributed by atoms with Crippen LogP contribution in [-0.2, 0) is 18.3 Å². The van der Waals surface area contributed by atoms with E-state index in [9.17, 15) is 9.59 Å². The van der Waals surface area contributed by atoms with Crippen LogP contribution in [0.4, 0.5) is 0 Å². The Morgan fingerprint density at radius 1 is 1.23 bits per heavy atom. The van der Waals surface area contributed by atoms with Gasteiger partial charge in [0.05, 0.1) is 17.5 Å². The summed E-state index contributed by atoms with van der Waals surface area (Å²) in [4.78, 5) is 27.5. The van der Waals surface area contributed by atoms with Crippen molar-refractivity contribution in [1.29, 1.82) is 0 Å². The highest BCUT2D eigenvalue weighted by atomic mass is 79.9. The van der Waals surface area contributed by atoms with E-state index in [4.69, 9.17) is 10.1 Å². The average molecular weight is 548 g/mol. The van der Waals surface area contributed by atoms with Crippen molar-refractivity contribution in [2.75, 3.05) is 19.6 Å². The fourth-order valence-electron chi connectivity index (χ4n) is 3.89. The molecule has 7 nitrogen and oxygen atoms in total. The number of carboxylic acid groups (broad SMARTS) is 1. The van der Waals surface area contributed by atoms with Gasteiger partial charge in [0.25, 0.3) is 5.91 Å². The van der Waals surface area contributed by atoms with Gasteiger partial charge in [0, 0.05) is 25.6 Å². The van der Waals surface area contributed by atoms with Gasteiger partial charge in [-0.25, -0.2) is 4.98 Å². The van der Waals surface area contributed by atoms with Crippen molar-refractivity contribution in [2.45, 2.75) is 44.9 Å². The minimum atomic E-state index is -0.926. The number of aromatic nitrogens is 2. The molecule has 0 radical (unpaired) electrons. The van der Waals surface area contributed by atoms with Gasteiger partial charge in [-0.2, -0.15) is 0 Å². The van der Waals surface area contributed by atoms with Crippen LogP contribution >= 0.6 is 34.0 Å². The van der Waals surface area contributed by atoms with Crippen LogP contribution in [0.5, 0.6) is 0 Å². The zero-order chi connectivity index (χ0) is 19.9. The predicted molar refractivity (Wildman–Crippen MR) is 129 cm³/mol. The van der Waals surface area contributed by atoms with Crippen LogP contribution in [-0.4, -0.2) is 46.2 Å². The number of unbranched alkanes of at least 4 members (excludes halogenated alkanes) is 1. The molecule has 2 aromatic rings. The van der Waals surface area contributed by atoms with Crippen molar-refractivity contribution in [3.63, 3.8) is 0 Å². The third kappa shape index (κ3) is 7.35. The quantitative estimate of drug-likeness (QED) is 0.416. The summed E-state index contributed by atoms with van der Waals surface area (Å²) in [5.74, 6) is 0.718. The van der Waals surface area contributed by atoms with Gasteiger partial charge in [-0.05, 0) is 56.5 Å². The Kier molecular flexibility index (Phi) is 11.6. The Morgan fingerprint density at radius 2 is 1.97 bits per heavy atom. The van der Waals surface area contributed by atoms with E-state index < -0.39 is 5.97 Å². The minimum absolute atomic E-state index is 0. The topological polar surface area (TPSA) is 96.3 Å². The van der Waals surface area contributed by atoms with Crippen LogP contribution in [0.15, 0.2) is 18.2 Å². The van der Waals surface area contributed by atoms with Crippen molar-refractivity contribution < 1.29 is 14.7 Å². The maximum Gasteiger partial charge on any atom is 0.305 e. The molecule has 1 fully saturated rings. The van der Waals surface area contributed by atoms with E-state index in [-0.39, 0.29) is 52.8 Å². The van der Waals surface area contributed by atoms with Gasteiger partial charge in [0.15, 0.2) is 0 Å². The lowest BCUT2D eigenvalue weighted by Crippen LogP contribution is -2.27. The molecule has 0 bridgehead atoms. The van der Waals surface area contributed by atoms with Crippen LogP contribution in [0.2, 0.25) is 0 Å². The van der Waals surface area contributed by atoms with Gasteiger partial charge in [0.2, 0.25) is 0 Å². The largest absolute Gasteiger partial charge is 0.481 e. The smallest absolute Gasteiger partial charge is 0.305 e. The Bertz CT molecular complexity index is 835. The Hall–Kier alpha value is -1.45. The van der Waals surface area contributed by atoms with E-state index in [1.807, 2.05) is 13.1 Å². The molecule has 30 heavy (non-hydrogen) atoms. The summed E-state index contributed by atoms with van der Waals surface area (Å²) in [5.41, 5.74) is 2.32. The van der Waals surface area contributed by atoms with Crippen molar-refractivity contribution in [3.8, 4) is 0 Å². The first-order chi connectivity index (χ1) is 13.5. The maximum absolute atomic E-state index is 12.2. The molecular formula is C21H32Br2N4O3. The normalized spacial score (nSPS) is 14.0. The van der Waals surface area contributed by atoms with Crippen LogP contribution < -0.4 is 10.6 Å². The number of aliphatic carboxylic acids is 1. The molecule has 0 aliphatic carbocycles. The van der Waals surface area contributed by atoms with Crippen LogP contribution in [0, 0.1) is 5.92 Å². The highest BCUT2D eigenvalue weighted by Gasteiger charge is 2.14. The summed E-state index contributed by atoms with van der Waals surface area (Å²) < 4.78 is 2.10. The number of halogens is 2. The number of nitrogens with zero attached hydrogens (tertiary/aromatic N) is 2. The van der Waals surface area contributed by atoms with Gasteiger partial charge in [-0.1, -0.05) is 12.8 Å². The summed E-state index contributed by atoms with van der Waals surface area (Å²) in [5, 5.41) is 14.7. The van der Waals surface area contributed by atoms with Gasteiger partial charge in [-0.3, -0.25) is 9.59 Å². The molecule has 0 atom stereocenters. The standard InChI is InChI=1S/C21H30N4O3.2BrH/c1-25-18-7-6-16(21(28)23-13-10-20(26)27)14-17(18)24-19(25)5-3-2-4-15-8-11-22-12-9-15;;/h6-7,14-15,22H,2-5,8-13H2,1H3,(H,23,28)(H,26,27);2*1H. The summed E-state index contributed by atoms with van der Waals surface area (Å²) in [6, 6.07) is 5.46. The number of nitrogens with one attached hydrogen (secondary N) is 2. The van der Waals surface area contributed by atoms with Crippen LogP contribution in [0.3, 0.4) is 0 Å². The summed E-state index contributed by atoms with van der Waals surface area (Å²) in [6.07, 6.45) is 7.10. The first kappa shape index (κ1) is 26.6. The average Bonchev–Trinajstić information content (AvgIpc) is 3.01. The Balaban J connectivity index is 0.00000225. The number of hydrogen-bond donors (Lipinski definition) is 3. The number of carbonyl (C=O) groups excluding carboxylic acids is 1. The molecule has 1 amide bonds. The zero-order valence-electron chi connectivity index (χ0n) is 17.4. The highest BCUT2D eigenvalue weighted by Crippen LogP contribution is 2.21. The van der Waals surface area contributed by atoms with Gasteiger partial charge in [-0.15, -0.1) is 34.0 Å². The molecule has 3 rings (SSSR count). The molecule has 9 heteroatoms. The maximum atomic E-state index is 12.2. The third-order valence-electron chi connectivity index (χ3n) is 5.58. The molecule has 1 aromatic heterocycles. The van der Waals surface area contributed by atoms with Crippen LogP contribution in [0.1, 0.15) is 54.7 Å². The molecule has 1 aliphatic rings. The zero-order valence-corrected chi connectivity index (χ0v) is 20.8. The fourth-order valence-corrected chi connectivity index (χ4v) is 3.89. The van der Waals surface area contributed by atoms with Crippen LogP contribution in [0.25, 0.3) is 11.0 Å². The van der Waals surface area contributed by atoms with Crippen molar-refractivity contribution in [1.82, 2.24) is 20.2 Å². The van der Waals surface area contributed by atoms with Gasteiger partial charge >= 0.3 is 5.97 Å². The Morgan fingerprint density at radius 3 is 2.67 bits per heavy atom. The van der Waals surface area contributed by atoms with Crippen molar-refractivity contribution in [2.24, 2.45) is 13.0 Å². The highest BCUT2D eigenvalue weighted by molar-refractivity contribution is 8.93. The van der Waals surface area contributed by atoms with Crippen molar-refractivity contribution >= 4 is 56.9 Å². The number of hydrogen-bond acceptors (Lipinski definition) is 4. The molecule has 0 unspecified atom stereocenters. The van der Waals surface area contributed by atoms with E-state index in [2.05, 4.69) is 15.2 Å². The number of imidazole rings is 1. The lowest BCUT2D eigenvalue weighted by Gasteiger charge is -2.22. The van der Waals surface area contributed by atoms with Gasteiger partial charge < -0.3 is 20.3 Å². The van der Waals surface area contributed by atoms with E-state index in [1.54, 1.807) is 12.1 Å². The number of amides is 1. The second kappa shape index (κ2) is 13.1. The molecule has 2 heterocycles. The van der Waals surface area contributed by atoms with Crippen molar-refractivity contribution in [3.05, 3.63) is 29.6 Å². The fraction of sp³-hybridized carbons (Fsp3) is 0.571. The lowest BCUT2D eigenvalue weighted by atomic mass is 9.92. The number of fused-ring (bicyclic) bond motifs is 1. The minimum Gasteiger partial charge on any atom is -0.481 e. The number of piperidine rings is 1. The molecule has 1 aliphatic heterocycles. The van der Waals surface area contributed by atoms with E-state index in [0.717, 1.165) is 48.7 Å². The number of benzene rings is 1.